The largest absolute Gasteiger partial charge is 0.433 e. The van der Waals surface area contributed by atoms with Crippen LogP contribution in [0.3, 0.4) is 0 Å². The number of pyridine rings is 2. The van der Waals surface area contributed by atoms with E-state index in [0.717, 1.165) is 50.7 Å². The summed E-state index contributed by atoms with van der Waals surface area (Å²) in [5.41, 5.74) is 0.494. The monoisotopic (exact) mass is 432 g/mol. The van der Waals surface area contributed by atoms with Gasteiger partial charge in [0.15, 0.2) is 0 Å². The molecule has 0 radical (unpaired) electrons. The summed E-state index contributed by atoms with van der Waals surface area (Å²) < 4.78 is 52.0. The first-order chi connectivity index (χ1) is 14.8. The summed E-state index contributed by atoms with van der Waals surface area (Å²) in [6, 6.07) is 10.6. The molecule has 3 aromatic rings. The lowest BCUT2D eigenvalue weighted by molar-refractivity contribution is -0.140. The van der Waals surface area contributed by atoms with Crippen LogP contribution in [0.4, 0.5) is 23.4 Å². The molecule has 0 aliphatic carbocycles. The van der Waals surface area contributed by atoms with Gasteiger partial charge in [-0.1, -0.05) is 12.1 Å². The summed E-state index contributed by atoms with van der Waals surface area (Å²) in [7, 11) is 2.06. The lowest BCUT2D eigenvalue weighted by atomic mass is 9.96. The highest BCUT2D eigenvalue weighted by Gasteiger charge is 2.33. The van der Waals surface area contributed by atoms with E-state index >= 15 is 0 Å². The maximum absolute atomic E-state index is 13.1. The van der Waals surface area contributed by atoms with E-state index in [1.54, 1.807) is 12.1 Å². The van der Waals surface area contributed by atoms with Crippen molar-refractivity contribution in [1.29, 1.82) is 0 Å². The number of alkyl halides is 3. The average Bonchev–Trinajstić information content (AvgIpc) is 2.74. The first-order valence-electron chi connectivity index (χ1n) is 10.3. The van der Waals surface area contributed by atoms with Crippen molar-refractivity contribution in [2.75, 3.05) is 31.6 Å². The molecule has 1 saturated heterocycles. The number of piperidine rings is 1. The highest BCUT2D eigenvalue weighted by Crippen LogP contribution is 2.32. The molecule has 4 rings (SSSR count). The molecule has 2 aromatic heterocycles. The number of benzene rings is 1. The van der Waals surface area contributed by atoms with Crippen LogP contribution in [0, 0.1) is 11.7 Å². The Balaban J connectivity index is 1.38. The predicted octanol–water partition coefficient (Wildman–Crippen LogP) is 5.14. The van der Waals surface area contributed by atoms with Gasteiger partial charge >= 0.3 is 6.18 Å². The van der Waals surface area contributed by atoms with Crippen molar-refractivity contribution >= 4 is 16.7 Å². The zero-order valence-corrected chi connectivity index (χ0v) is 17.2. The lowest BCUT2D eigenvalue weighted by Crippen LogP contribution is -2.38. The third kappa shape index (κ3) is 5.12. The molecule has 0 spiro atoms. The van der Waals surface area contributed by atoms with E-state index in [1.807, 2.05) is 0 Å². The lowest BCUT2D eigenvalue weighted by Gasteiger charge is -2.35. The van der Waals surface area contributed by atoms with Crippen molar-refractivity contribution in [3.63, 3.8) is 0 Å². The molecule has 0 N–H and O–H groups in total. The second-order valence-corrected chi connectivity index (χ2v) is 8.15. The van der Waals surface area contributed by atoms with Crippen LogP contribution < -0.4 is 4.90 Å². The van der Waals surface area contributed by atoms with Crippen molar-refractivity contribution in [3.8, 4) is 0 Å². The van der Waals surface area contributed by atoms with Crippen LogP contribution in [-0.4, -0.2) is 41.5 Å². The molecule has 1 aliphatic heterocycles. The SMILES string of the molecule is CN(Cc1ccc(F)cc1)CC1CCN(c2nccc3nc(C(F)(F)F)ccc23)CC1. The number of hydrogen-bond donors (Lipinski definition) is 0. The molecular formula is C23H24F4N4. The predicted molar refractivity (Wildman–Crippen MR) is 112 cm³/mol. The van der Waals surface area contributed by atoms with Gasteiger partial charge in [-0.15, -0.1) is 0 Å². The van der Waals surface area contributed by atoms with E-state index in [0.29, 0.717) is 22.6 Å². The molecule has 1 aromatic carbocycles. The molecule has 0 amide bonds. The molecule has 1 fully saturated rings. The number of anilines is 1. The minimum Gasteiger partial charge on any atom is -0.356 e. The average molecular weight is 432 g/mol. The Morgan fingerprint density at radius 3 is 2.42 bits per heavy atom. The Hall–Kier alpha value is -2.74. The normalized spacial score (nSPS) is 15.7. The van der Waals surface area contributed by atoms with Gasteiger partial charge in [-0.3, -0.25) is 0 Å². The van der Waals surface area contributed by atoms with E-state index in [2.05, 4.69) is 26.8 Å². The number of nitrogens with zero attached hydrogens (tertiary/aromatic N) is 4. The van der Waals surface area contributed by atoms with Crippen LogP contribution in [0.25, 0.3) is 10.9 Å². The Labute approximate surface area is 178 Å². The number of aromatic nitrogens is 2. The molecule has 4 nitrogen and oxygen atoms in total. The van der Waals surface area contributed by atoms with Crippen LogP contribution in [0.15, 0.2) is 48.7 Å². The molecule has 0 bridgehead atoms. The van der Waals surface area contributed by atoms with E-state index in [1.165, 1.54) is 30.5 Å². The Kier molecular flexibility index (Phi) is 6.09. The van der Waals surface area contributed by atoms with Crippen molar-refractivity contribution in [2.24, 2.45) is 5.92 Å². The van der Waals surface area contributed by atoms with Crippen LogP contribution in [0.5, 0.6) is 0 Å². The molecule has 1 aliphatic rings. The molecular weight excluding hydrogens is 408 g/mol. The van der Waals surface area contributed by atoms with Crippen molar-refractivity contribution in [3.05, 3.63) is 65.7 Å². The molecule has 164 valence electrons. The summed E-state index contributed by atoms with van der Waals surface area (Å²) in [4.78, 5) is 12.6. The quantitative estimate of drug-likeness (QED) is 0.523. The van der Waals surface area contributed by atoms with Gasteiger partial charge in [-0.05, 0) is 61.7 Å². The van der Waals surface area contributed by atoms with Crippen molar-refractivity contribution in [1.82, 2.24) is 14.9 Å². The number of hydrogen-bond acceptors (Lipinski definition) is 4. The fraction of sp³-hybridized carbons (Fsp3) is 0.391. The second-order valence-electron chi connectivity index (χ2n) is 8.15. The van der Waals surface area contributed by atoms with Crippen LogP contribution >= 0.6 is 0 Å². The Bertz CT molecular complexity index is 1030. The standard InChI is InChI=1S/C23H24F4N4/c1-30(14-16-2-4-18(24)5-3-16)15-17-9-12-31(13-10-17)22-19-6-7-21(23(25,26)27)29-20(19)8-11-28-22/h2-8,11,17H,9-10,12-15H2,1H3. The van der Waals surface area contributed by atoms with E-state index in [-0.39, 0.29) is 5.82 Å². The maximum Gasteiger partial charge on any atom is 0.433 e. The van der Waals surface area contributed by atoms with Crippen LogP contribution in [-0.2, 0) is 12.7 Å². The minimum atomic E-state index is -4.46. The summed E-state index contributed by atoms with van der Waals surface area (Å²) >= 11 is 0. The second kappa shape index (κ2) is 8.78. The molecule has 8 heteroatoms. The summed E-state index contributed by atoms with van der Waals surface area (Å²) in [5.74, 6) is 0.981. The number of fused-ring (bicyclic) bond motifs is 1. The minimum absolute atomic E-state index is 0.231. The van der Waals surface area contributed by atoms with Gasteiger partial charge in [0, 0.05) is 37.8 Å². The molecule has 0 saturated carbocycles. The van der Waals surface area contributed by atoms with Crippen LogP contribution in [0.2, 0.25) is 0 Å². The number of rotatable bonds is 5. The highest BCUT2D eigenvalue weighted by molar-refractivity contribution is 5.89. The van der Waals surface area contributed by atoms with Gasteiger partial charge in [0.25, 0.3) is 0 Å². The van der Waals surface area contributed by atoms with Gasteiger partial charge in [0.2, 0.25) is 0 Å². The highest BCUT2D eigenvalue weighted by atomic mass is 19.4. The van der Waals surface area contributed by atoms with Crippen molar-refractivity contribution < 1.29 is 17.6 Å². The number of halogens is 4. The van der Waals surface area contributed by atoms with Crippen molar-refractivity contribution in [2.45, 2.75) is 25.6 Å². The maximum atomic E-state index is 13.1. The van der Waals surface area contributed by atoms with Gasteiger partial charge in [-0.2, -0.15) is 13.2 Å². The molecule has 0 atom stereocenters. The third-order valence-electron chi connectivity index (χ3n) is 5.73. The van der Waals surface area contributed by atoms with E-state index in [9.17, 15) is 17.6 Å². The first-order valence-corrected chi connectivity index (χ1v) is 10.3. The molecule has 31 heavy (non-hydrogen) atoms. The Morgan fingerprint density at radius 1 is 1.03 bits per heavy atom. The summed E-state index contributed by atoms with van der Waals surface area (Å²) in [6.07, 6.45) is -0.997. The first kappa shape index (κ1) is 21.5. The summed E-state index contributed by atoms with van der Waals surface area (Å²) in [5, 5.41) is 0.641. The zero-order valence-electron chi connectivity index (χ0n) is 17.2. The smallest absolute Gasteiger partial charge is 0.356 e. The zero-order chi connectivity index (χ0) is 22.0. The fourth-order valence-corrected chi connectivity index (χ4v) is 4.18. The third-order valence-corrected chi connectivity index (χ3v) is 5.73. The molecule has 3 heterocycles. The van der Waals surface area contributed by atoms with E-state index < -0.39 is 11.9 Å². The van der Waals surface area contributed by atoms with Gasteiger partial charge in [0.05, 0.1) is 5.52 Å². The fourth-order valence-electron chi connectivity index (χ4n) is 4.18. The topological polar surface area (TPSA) is 32.3 Å². The summed E-state index contributed by atoms with van der Waals surface area (Å²) in [6.45, 7) is 3.29. The van der Waals surface area contributed by atoms with Crippen LogP contribution in [0.1, 0.15) is 24.1 Å². The molecule has 0 unspecified atom stereocenters. The van der Waals surface area contributed by atoms with Gasteiger partial charge in [-0.25, -0.2) is 14.4 Å². The van der Waals surface area contributed by atoms with Gasteiger partial charge < -0.3 is 9.80 Å². The van der Waals surface area contributed by atoms with Gasteiger partial charge in [0.1, 0.15) is 17.3 Å². The van der Waals surface area contributed by atoms with E-state index in [4.69, 9.17) is 0 Å². The Morgan fingerprint density at radius 2 is 1.74 bits per heavy atom.